The zero-order valence-electron chi connectivity index (χ0n) is 20.4. The molecule has 4 aromatic rings. The number of anilines is 2. The maximum atomic E-state index is 13.9. The number of nitrogens with zero attached hydrogens (tertiary/aromatic N) is 3. The van der Waals surface area contributed by atoms with Gasteiger partial charge in [-0.1, -0.05) is 73.3 Å². The molecule has 35 heavy (non-hydrogen) atoms. The first-order valence-electron chi connectivity index (χ1n) is 11.9. The average Bonchev–Trinajstić information content (AvgIpc) is 3.26. The largest absolute Gasteiger partial charge is 0.328 e. The number of aromatic nitrogens is 3. The molecule has 178 valence electrons. The molecule has 0 aliphatic carbocycles. The van der Waals surface area contributed by atoms with Crippen LogP contribution < -0.4 is 10.6 Å². The van der Waals surface area contributed by atoms with E-state index in [9.17, 15) is 4.79 Å². The molecule has 1 aliphatic heterocycles. The summed E-state index contributed by atoms with van der Waals surface area (Å²) in [6, 6.07) is 20.0. The van der Waals surface area contributed by atoms with E-state index in [-0.39, 0.29) is 5.91 Å². The average molecular weight is 484 g/mol. The number of hydrogen-bond donors (Lipinski definition) is 2. The number of thioether (sulfide) groups is 1. The summed E-state index contributed by atoms with van der Waals surface area (Å²) in [5.41, 5.74) is 5.44. The maximum Gasteiger partial charge on any atom is 0.255 e. The van der Waals surface area contributed by atoms with Crippen molar-refractivity contribution in [3.63, 3.8) is 0 Å². The minimum Gasteiger partial charge on any atom is -0.328 e. The molecular formula is C28H29N5OS. The van der Waals surface area contributed by atoms with Gasteiger partial charge in [-0.2, -0.15) is 4.98 Å². The molecule has 1 atom stereocenters. The first kappa shape index (κ1) is 23.2. The standard InChI is InChI=1S/C28H29N5OS/c1-5-16-35-28-31-27-29-19(4)24(26(34)30-23-15-8-10-17(2)18(23)3)25(33(27)32-28)22-14-9-12-20-11-6-7-13-21(20)22/h6-15,25H,5,16H2,1-4H3,(H,30,34)(H,29,31,32). The number of nitrogens with one attached hydrogen (secondary N) is 2. The van der Waals surface area contributed by atoms with Gasteiger partial charge in [0.1, 0.15) is 6.04 Å². The number of benzene rings is 3. The van der Waals surface area contributed by atoms with Crippen LogP contribution in [-0.2, 0) is 4.79 Å². The van der Waals surface area contributed by atoms with Gasteiger partial charge in [0.25, 0.3) is 5.91 Å². The number of carbonyl (C=O) groups excluding carboxylic acids is 1. The molecule has 0 saturated heterocycles. The van der Waals surface area contributed by atoms with Crippen LogP contribution in [0.2, 0.25) is 0 Å². The fourth-order valence-corrected chi connectivity index (χ4v) is 5.22. The Bertz CT molecular complexity index is 1450. The molecule has 0 fully saturated rings. The molecule has 0 bridgehead atoms. The van der Waals surface area contributed by atoms with Crippen LogP contribution >= 0.6 is 11.8 Å². The Morgan fingerprint density at radius 1 is 1.06 bits per heavy atom. The molecule has 2 heterocycles. The molecule has 0 radical (unpaired) electrons. The van der Waals surface area contributed by atoms with Crippen molar-refractivity contribution in [2.45, 2.75) is 45.3 Å². The molecule has 3 aromatic carbocycles. The molecule has 1 aromatic heterocycles. The number of fused-ring (bicyclic) bond motifs is 2. The van der Waals surface area contributed by atoms with Gasteiger partial charge < -0.3 is 10.6 Å². The Labute approximate surface area is 209 Å². The number of rotatable bonds is 6. The van der Waals surface area contributed by atoms with Crippen molar-refractivity contribution in [3.8, 4) is 0 Å². The van der Waals surface area contributed by atoms with E-state index in [2.05, 4.69) is 41.8 Å². The van der Waals surface area contributed by atoms with Crippen LogP contribution in [0, 0.1) is 13.8 Å². The van der Waals surface area contributed by atoms with E-state index < -0.39 is 6.04 Å². The summed E-state index contributed by atoms with van der Waals surface area (Å²) in [5.74, 6) is 1.45. The van der Waals surface area contributed by atoms with Gasteiger partial charge in [-0.3, -0.25) is 4.79 Å². The van der Waals surface area contributed by atoms with Crippen molar-refractivity contribution < 1.29 is 4.79 Å². The lowest BCUT2D eigenvalue weighted by atomic mass is 9.91. The van der Waals surface area contributed by atoms with Gasteiger partial charge in [0.15, 0.2) is 0 Å². The van der Waals surface area contributed by atoms with Gasteiger partial charge in [-0.15, -0.1) is 5.10 Å². The summed E-state index contributed by atoms with van der Waals surface area (Å²) < 4.78 is 1.87. The lowest BCUT2D eigenvalue weighted by Crippen LogP contribution is -2.31. The highest BCUT2D eigenvalue weighted by atomic mass is 32.2. The van der Waals surface area contributed by atoms with E-state index in [1.165, 1.54) is 0 Å². The van der Waals surface area contributed by atoms with Crippen LogP contribution in [0.25, 0.3) is 10.8 Å². The van der Waals surface area contributed by atoms with E-state index in [1.807, 2.05) is 61.9 Å². The van der Waals surface area contributed by atoms with Gasteiger partial charge in [-0.25, -0.2) is 4.68 Å². The Balaban J connectivity index is 1.65. The fraction of sp³-hybridized carbons (Fsp3) is 0.250. The molecule has 1 amide bonds. The predicted octanol–water partition coefficient (Wildman–Crippen LogP) is 6.48. The van der Waals surface area contributed by atoms with Crippen molar-refractivity contribution >= 4 is 40.1 Å². The maximum absolute atomic E-state index is 13.9. The SMILES string of the molecule is CCCSc1nc2n(n1)C(c1cccc3ccccc13)C(C(=O)Nc1cccc(C)c1C)=C(C)N2. The Morgan fingerprint density at radius 2 is 1.83 bits per heavy atom. The molecule has 1 aliphatic rings. The molecule has 6 nitrogen and oxygen atoms in total. The van der Waals surface area contributed by atoms with Gasteiger partial charge in [0.05, 0.1) is 5.57 Å². The number of aryl methyl sites for hydroxylation is 1. The molecule has 1 unspecified atom stereocenters. The zero-order valence-corrected chi connectivity index (χ0v) is 21.2. The van der Waals surface area contributed by atoms with Crippen molar-refractivity contribution in [2.75, 3.05) is 16.4 Å². The molecular weight excluding hydrogens is 454 g/mol. The van der Waals surface area contributed by atoms with Crippen LogP contribution in [0.3, 0.4) is 0 Å². The lowest BCUT2D eigenvalue weighted by molar-refractivity contribution is -0.113. The minimum absolute atomic E-state index is 0.148. The van der Waals surface area contributed by atoms with E-state index in [4.69, 9.17) is 10.1 Å². The first-order valence-corrected chi connectivity index (χ1v) is 12.9. The number of hydrogen-bond acceptors (Lipinski definition) is 5. The predicted molar refractivity (Wildman–Crippen MR) is 144 cm³/mol. The van der Waals surface area contributed by atoms with Crippen molar-refractivity contribution in [2.24, 2.45) is 0 Å². The Kier molecular flexibility index (Phi) is 6.34. The van der Waals surface area contributed by atoms with Crippen LogP contribution in [0.1, 0.15) is 43.0 Å². The normalized spacial score (nSPS) is 15.1. The van der Waals surface area contributed by atoms with E-state index in [0.717, 1.165) is 51.0 Å². The summed E-state index contributed by atoms with van der Waals surface area (Å²) >= 11 is 1.63. The van der Waals surface area contributed by atoms with Crippen molar-refractivity contribution in [1.82, 2.24) is 14.8 Å². The molecule has 5 rings (SSSR count). The highest BCUT2D eigenvalue weighted by Crippen LogP contribution is 2.39. The third-order valence-electron chi connectivity index (χ3n) is 6.48. The number of carbonyl (C=O) groups is 1. The summed E-state index contributed by atoms with van der Waals surface area (Å²) in [6.45, 7) is 8.16. The third kappa shape index (κ3) is 4.32. The monoisotopic (exact) mass is 483 g/mol. The van der Waals surface area contributed by atoms with Gasteiger partial charge in [-0.05, 0) is 60.7 Å². The second kappa shape index (κ2) is 9.58. The van der Waals surface area contributed by atoms with E-state index in [1.54, 1.807) is 11.8 Å². The zero-order chi connectivity index (χ0) is 24.5. The molecule has 2 N–H and O–H groups in total. The third-order valence-corrected chi connectivity index (χ3v) is 7.53. The first-order chi connectivity index (χ1) is 17.0. The number of amides is 1. The van der Waals surface area contributed by atoms with Crippen molar-refractivity contribution in [3.05, 3.63) is 88.6 Å². The minimum atomic E-state index is -0.411. The molecule has 0 spiro atoms. The molecule has 0 saturated carbocycles. The van der Waals surface area contributed by atoms with Crippen LogP contribution in [0.4, 0.5) is 11.6 Å². The second-order valence-electron chi connectivity index (χ2n) is 8.85. The van der Waals surface area contributed by atoms with Crippen LogP contribution in [0.5, 0.6) is 0 Å². The highest BCUT2D eigenvalue weighted by Gasteiger charge is 2.35. The summed E-state index contributed by atoms with van der Waals surface area (Å²) in [6.07, 6.45) is 1.04. The lowest BCUT2D eigenvalue weighted by Gasteiger charge is -2.29. The summed E-state index contributed by atoms with van der Waals surface area (Å²) in [7, 11) is 0. The highest BCUT2D eigenvalue weighted by molar-refractivity contribution is 7.99. The number of allylic oxidation sites excluding steroid dienone is 1. The quantitative estimate of drug-likeness (QED) is 0.307. The topological polar surface area (TPSA) is 71.8 Å². The molecule has 7 heteroatoms. The van der Waals surface area contributed by atoms with Crippen LogP contribution in [-0.4, -0.2) is 26.4 Å². The van der Waals surface area contributed by atoms with E-state index >= 15 is 0 Å². The summed E-state index contributed by atoms with van der Waals surface area (Å²) in [5, 5.41) is 14.3. The fourth-order valence-electron chi connectivity index (χ4n) is 4.53. The van der Waals surface area contributed by atoms with Crippen molar-refractivity contribution in [1.29, 1.82) is 0 Å². The smallest absolute Gasteiger partial charge is 0.255 e. The van der Waals surface area contributed by atoms with Gasteiger partial charge in [0.2, 0.25) is 11.1 Å². The van der Waals surface area contributed by atoms with Gasteiger partial charge in [0, 0.05) is 17.1 Å². The van der Waals surface area contributed by atoms with Gasteiger partial charge >= 0.3 is 0 Å². The Morgan fingerprint density at radius 3 is 2.66 bits per heavy atom. The second-order valence-corrected chi connectivity index (χ2v) is 9.91. The summed E-state index contributed by atoms with van der Waals surface area (Å²) in [4.78, 5) is 18.6. The van der Waals surface area contributed by atoms with Crippen LogP contribution in [0.15, 0.2) is 77.1 Å². The Hall–Kier alpha value is -3.58. The van der Waals surface area contributed by atoms with E-state index in [0.29, 0.717) is 16.7 Å².